The zero-order chi connectivity index (χ0) is 18.2. The van der Waals surface area contributed by atoms with Crippen molar-refractivity contribution in [3.05, 3.63) is 43.1 Å². The Hall–Kier alpha value is -2.47. The summed E-state index contributed by atoms with van der Waals surface area (Å²) in [5.74, 6) is 0.565. The normalized spacial score (nSPS) is 12.2. The molecule has 2 rings (SSSR count). The van der Waals surface area contributed by atoms with Crippen LogP contribution in [0.3, 0.4) is 0 Å². The number of fused-ring (bicyclic) bond motifs is 1. The van der Waals surface area contributed by atoms with E-state index < -0.39 is 0 Å². The van der Waals surface area contributed by atoms with Gasteiger partial charge in [-0.1, -0.05) is 18.2 Å². The summed E-state index contributed by atoms with van der Waals surface area (Å²) in [6, 6.07) is 7.69. The maximum absolute atomic E-state index is 11.9. The molecule has 6 heteroatoms. The first kappa shape index (κ1) is 18.9. The van der Waals surface area contributed by atoms with Crippen molar-refractivity contribution in [3.8, 4) is 5.88 Å². The van der Waals surface area contributed by atoms with Crippen molar-refractivity contribution in [1.29, 1.82) is 0 Å². The average Bonchev–Trinajstić information content (AvgIpc) is 2.59. The molecule has 25 heavy (non-hydrogen) atoms. The van der Waals surface area contributed by atoms with Crippen LogP contribution in [-0.2, 0) is 4.79 Å². The molecule has 1 heterocycles. The zero-order valence-corrected chi connectivity index (χ0v) is 15.2. The Morgan fingerprint density at radius 1 is 1.28 bits per heavy atom. The highest BCUT2D eigenvalue weighted by molar-refractivity contribution is 5.77. The van der Waals surface area contributed by atoms with Gasteiger partial charge in [0, 0.05) is 20.6 Å². The molecular formula is C19H26N4O2. The fraction of sp³-hybridized carbons (Fsp3) is 0.421. The standard InChI is InChI=1S/C19H26N4O2/c1-5-6-9-15(13-23(4)14-19(24)22(2)3)25-18-12-20-16-10-7-8-11-17(16)21-18/h5,7-8,10-12,15H,1,6,9,13-14H2,2-4H3. The van der Waals surface area contributed by atoms with Gasteiger partial charge in [-0.3, -0.25) is 9.69 Å². The Labute approximate surface area is 149 Å². The minimum absolute atomic E-state index is 0.0652. The molecule has 0 saturated heterocycles. The Balaban J connectivity index is 2.04. The minimum atomic E-state index is -0.0894. The van der Waals surface area contributed by atoms with Crippen molar-refractivity contribution in [2.24, 2.45) is 0 Å². The van der Waals surface area contributed by atoms with Crippen LogP contribution in [0, 0.1) is 0 Å². The highest BCUT2D eigenvalue weighted by Gasteiger charge is 2.17. The molecule has 0 aliphatic rings. The van der Waals surface area contributed by atoms with Crippen LogP contribution in [0.2, 0.25) is 0 Å². The number of hydrogen-bond acceptors (Lipinski definition) is 5. The molecule has 1 aromatic carbocycles. The lowest BCUT2D eigenvalue weighted by atomic mass is 10.2. The molecule has 0 aliphatic carbocycles. The molecule has 0 radical (unpaired) electrons. The van der Waals surface area contributed by atoms with Gasteiger partial charge < -0.3 is 9.64 Å². The molecule has 1 unspecified atom stereocenters. The van der Waals surface area contributed by atoms with Gasteiger partial charge in [-0.25, -0.2) is 9.97 Å². The molecule has 0 bridgehead atoms. The van der Waals surface area contributed by atoms with Gasteiger partial charge in [0.05, 0.1) is 23.8 Å². The van der Waals surface area contributed by atoms with Crippen molar-refractivity contribution in [2.45, 2.75) is 18.9 Å². The number of nitrogens with zero attached hydrogens (tertiary/aromatic N) is 4. The number of benzene rings is 1. The first-order valence-corrected chi connectivity index (χ1v) is 8.37. The van der Waals surface area contributed by atoms with Gasteiger partial charge in [0.25, 0.3) is 0 Å². The second kappa shape index (κ2) is 9.13. The molecule has 2 aromatic rings. The molecule has 1 atom stereocenters. The molecule has 1 amide bonds. The molecule has 0 saturated carbocycles. The van der Waals surface area contributed by atoms with Crippen molar-refractivity contribution in [1.82, 2.24) is 19.8 Å². The number of carbonyl (C=O) groups excluding carboxylic acids is 1. The van der Waals surface area contributed by atoms with Crippen LogP contribution < -0.4 is 4.74 Å². The van der Waals surface area contributed by atoms with E-state index in [2.05, 4.69) is 16.5 Å². The number of aromatic nitrogens is 2. The topological polar surface area (TPSA) is 58.6 Å². The quantitative estimate of drug-likeness (QED) is 0.655. The van der Waals surface area contributed by atoms with Crippen LogP contribution in [0.25, 0.3) is 11.0 Å². The van der Waals surface area contributed by atoms with Crippen LogP contribution in [0.15, 0.2) is 43.1 Å². The third-order valence-corrected chi connectivity index (χ3v) is 3.83. The summed E-state index contributed by atoms with van der Waals surface area (Å²) in [5.41, 5.74) is 1.64. The smallest absolute Gasteiger partial charge is 0.236 e. The van der Waals surface area contributed by atoms with Crippen LogP contribution in [0.5, 0.6) is 5.88 Å². The van der Waals surface area contributed by atoms with Crippen molar-refractivity contribution in [3.63, 3.8) is 0 Å². The molecule has 134 valence electrons. The minimum Gasteiger partial charge on any atom is -0.472 e. The summed E-state index contributed by atoms with van der Waals surface area (Å²) < 4.78 is 6.05. The van der Waals surface area contributed by atoms with E-state index in [1.54, 1.807) is 25.2 Å². The monoisotopic (exact) mass is 342 g/mol. The number of likely N-dealkylation sites (N-methyl/N-ethyl adjacent to an activating group) is 2. The van der Waals surface area contributed by atoms with Gasteiger partial charge in [0.2, 0.25) is 11.8 Å². The Morgan fingerprint density at radius 3 is 2.68 bits per heavy atom. The lowest BCUT2D eigenvalue weighted by Gasteiger charge is -2.25. The Morgan fingerprint density at radius 2 is 2.00 bits per heavy atom. The summed E-state index contributed by atoms with van der Waals surface area (Å²) in [6.07, 6.45) is 5.06. The number of rotatable bonds is 9. The van der Waals surface area contributed by atoms with E-state index in [9.17, 15) is 4.79 Å². The largest absolute Gasteiger partial charge is 0.472 e. The number of amides is 1. The fourth-order valence-electron chi connectivity index (χ4n) is 2.44. The van der Waals surface area contributed by atoms with Crippen molar-refractivity contribution < 1.29 is 9.53 Å². The summed E-state index contributed by atoms with van der Waals surface area (Å²) in [6.45, 7) is 4.75. The van der Waals surface area contributed by atoms with Gasteiger partial charge in [-0.05, 0) is 32.0 Å². The summed E-state index contributed by atoms with van der Waals surface area (Å²) in [5, 5.41) is 0. The predicted octanol–water partition coefficient (Wildman–Crippen LogP) is 2.36. The molecule has 6 nitrogen and oxygen atoms in total. The SMILES string of the molecule is C=CCCC(CN(C)CC(=O)N(C)C)Oc1cnc2ccccc2n1. The van der Waals surface area contributed by atoms with E-state index in [0.717, 1.165) is 23.9 Å². The number of allylic oxidation sites excluding steroid dienone is 1. The van der Waals surface area contributed by atoms with Gasteiger partial charge in [-0.15, -0.1) is 6.58 Å². The lowest BCUT2D eigenvalue weighted by molar-refractivity contribution is -0.129. The van der Waals surface area contributed by atoms with Crippen LogP contribution >= 0.6 is 0 Å². The van der Waals surface area contributed by atoms with E-state index in [1.165, 1.54) is 0 Å². The summed E-state index contributed by atoms with van der Waals surface area (Å²) in [7, 11) is 5.43. The molecule has 0 fully saturated rings. The maximum atomic E-state index is 11.9. The number of carbonyl (C=O) groups is 1. The molecule has 0 aliphatic heterocycles. The van der Waals surface area contributed by atoms with Crippen molar-refractivity contribution in [2.75, 3.05) is 34.2 Å². The lowest BCUT2D eigenvalue weighted by Crippen LogP contribution is -2.39. The maximum Gasteiger partial charge on any atom is 0.236 e. The summed E-state index contributed by atoms with van der Waals surface area (Å²) in [4.78, 5) is 24.3. The van der Waals surface area contributed by atoms with E-state index >= 15 is 0 Å². The van der Waals surface area contributed by atoms with Crippen LogP contribution in [0.1, 0.15) is 12.8 Å². The zero-order valence-electron chi connectivity index (χ0n) is 15.2. The average molecular weight is 342 g/mol. The molecule has 0 spiro atoms. The van der Waals surface area contributed by atoms with Gasteiger partial charge >= 0.3 is 0 Å². The summed E-state index contributed by atoms with van der Waals surface area (Å²) >= 11 is 0. The fourth-order valence-corrected chi connectivity index (χ4v) is 2.44. The van der Waals surface area contributed by atoms with E-state index in [1.807, 2.05) is 42.3 Å². The Kier molecular flexibility index (Phi) is 6.89. The van der Waals surface area contributed by atoms with Crippen LogP contribution in [-0.4, -0.2) is 66.0 Å². The second-order valence-corrected chi connectivity index (χ2v) is 6.29. The van der Waals surface area contributed by atoms with E-state index in [0.29, 0.717) is 19.0 Å². The third-order valence-electron chi connectivity index (χ3n) is 3.83. The third kappa shape index (κ3) is 5.83. The predicted molar refractivity (Wildman–Crippen MR) is 99.6 cm³/mol. The van der Waals surface area contributed by atoms with Gasteiger partial charge in [-0.2, -0.15) is 0 Å². The first-order chi connectivity index (χ1) is 12.0. The highest BCUT2D eigenvalue weighted by atomic mass is 16.5. The van der Waals surface area contributed by atoms with Crippen molar-refractivity contribution >= 4 is 16.9 Å². The van der Waals surface area contributed by atoms with Gasteiger partial charge in [0.1, 0.15) is 6.10 Å². The van der Waals surface area contributed by atoms with Crippen LogP contribution in [0.4, 0.5) is 0 Å². The number of ether oxygens (including phenoxy) is 1. The van der Waals surface area contributed by atoms with E-state index in [4.69, 9.17) is 4.74 Å². The van der Waals surface area contributed by atoms with E-state index in [-0.39, 0.29) is 12.0 Å². The molecule has 1 aromatic heterocycles. The Bertz CT molecular complexity index is 717. The number of hydrogen-bond donors (Lipinski definition) is 0. The number of para-hydroxylation sites is 2. The first-order valence-electron chi connectivity index (χ1n) is 8.37. The second-order valence-electron chi connectivity index (χ2n) is 6.29. The molecule has 0 N–H and O–H groups in total. The van der Waals surface area contributed by atoms with Gasteiger partial charge in [0.15, 0.2) is 0 Å². The highest BCUT2D eigenvalue weighted by Crippen LogP contribution is 2.16. The molecular weight excluding hydrogens is 316 g/mol.